The molecule has 1 aliphatic carbocycles. The highest BCUT2D eigenvalue weighted by Gasteiger charge is 2.27. The molecule has 0 aliphatic heterocycles. The summed E-state index contributed by atoms with van der Waals surface area (Å²) in [6, 6.07) is 6.19. The molecule has 0 radical (unpaired) electrons. The van der Waals surface area contributed by atoms with Crippen LogP contribution >= 0.6 is 0 Å². The molecule has 1 aromatic carbocycles. The molecule has 1 aliphatic rings. The lowest BCUT2D eigenvalue weighted by molar-refractivity contribution is -0.110. The number of ether oxygens (including phenoxy) is 3. The van der Waals surface area contributed by atoms with Gasteiger partial charge in [-0.05, 0) is 42.9 Å². The fraction of sp³-hybridized carbons (Fsp3) is 0.611. The topological polar surface area (TPSA) is 56.8 Å². The summed E-state index contributed by atoms with van der Waals surface area (Å²) >= 11 is 0. The van der Waals surface area contributed by atoms with Crippen LogP contribution in [0.3, 0.4) is 0 Å². The summed E-state index contributed by atoms with van der Waals surface area (Å²) in [6.45, 7) is 1.27. The van der Waals surface area contributed by atoms with Crippen molar-refractivity contribution in [3.05, 3.63) is 23.8 Å². The smallest absolute Gasteiger partial charge is 0.207 e. The standard InChI is InChI=1S/C18H27NO4/c1-21-9-4-10-23-18-12-14(7-8-17(18)22-2)11-16(19-13-20)15-5-3-6-15/h7-8,12-13,15-16H,3-6,9-11H2,1-2H3,(H,19,20). The minimum absolute atomic E-state index is 0.205. The van der Waals surface area contributed by atoms with Gasteiger partial charge in [0.25, 0.3) is 0 Å². The molecule has 1 unspecified atom stereocenters. The number of methoxy groups -OCH3 is 2. The summed E-state index contributed by atoms with van der Waals surface area (Å²) in [5, 5.41) is 2.97. The van der Waals surface area contributed by atoms with Crippen LogP contribution in [0.25, 0.3) is 0 Å². The Hall–Kier alpha value is -1.75. The van der Waals surface area contributed by atoms with Crippen molar-refractivity contribution in [2.75, 3.05) is 27.4 Å². The maximum atomic E-state index is 10.9. The van der Waals surface area contributed by atoms with E-state index in [-0.39, 0.29) is 6.04 Å². The lowest BCUT2D eigenvalue weighted by atomic mass is 9.77. The molecule has 0 bridgehead atoms. The van der Waals surface area contributed by atoms with Gasteiger partial charge in [0.05, 0.1) is 13.7 Å². The van der Waals surface area contributed by atoms with Crippen molar-refractivity contribution < 1.29 is 19.0 Å². The van der Waals surface area contributed by atoms with E-state index in [2.05, 4.69) is 5.32 Å². The minimum atomic E-state index is 0.205. The van der Waals surface area contributed by atoms with Gasteiger partial charge in [0.2, 0.25) is 6.41 Å². The summed E-state index contributed by atoms with van der Waals surface area (Å²) in [6.07, 6.45) is 6.13. The van der Waals surface area contributed by atoms with E-state index < -0.39 is 0 Å². The van der Waals surface area contributed by atoms with E-state index in [1.165, 1.54) is 19.3 Å². The first-order valence-electron chi connectivity index (χ1n) is 8.26. The molecule has 1 amide bonds. The predicted octanol–water partition coefficient (Wildman–Crippen LogP) is 2.57. The molecule has 23 heavy (non-hydrogen) atoms. The zero-order valence-corrected chi connectivity index (χ0v) is 14.0. The number of carbonyl (C=O) groups is 1. The third-order valence-electron chi connectivity index (χ3n) is 4.44. The molecule has 1 fully saturated rings. The van der Waals surface area contributed by atoms with Gasteiger partial charge >= 0.3 is 0 Å². The third kappa shape index (κ3) is 5.13. The molecular formula is C18H27NO4. The molecule has 2 rings (SSSR count). The summed E-state index contributed by atoms with van der Waals surface area (Å²) < 4.78 is 16.2. The van der Waals surface area contributed by atoms with Gasteiger partial charge in [-0.3, -0.25) is 4.79 Å². The Morgan fingerprint density at radius 3 is 2.70 bits per heavy atom. The van der Waals surface area contributed by atoms with E-state index in [9.17, 15) is 4.79 Å². The van der Waals surface area contributed by atoms with E-state index in [0.29, 0.717) is 19.1 Å². The van der Waals surface area contributed by atoms with E-state index in [1.807, 2.05) is 18.2 Å². The van der Waals surface area contributed by atoms with Gasteiger partial charge in [-0.2, -0.15) is 0 Å². The lowest BCUT2D eigenvalue weighted by Gasteiger charge is -2.33. The number of benzene rings is 1. The zero-order chi connectivity index (χ0) is 16.5. The third-order valence-corrected chi connectivity index (χ3v) is 4.44. The number of amides is 1. The van der Waals surface area contributed by atoms with Gasteiger partial charge in [-0.25, -0.2) is 0 Å². The molecule has 0 spiro atoms. The van der Waals surface area contributed by atoms with Crippen LogP contribution in [0.5, 0.6) is 11.5 Å². The lowest BCUT2D eigenvalue weighted by Crippen LogP contribution is -2.40. The largest absolute Gasteiger partial charge is 0.493 e. The van der Waals surface area contributed by atoms with E-state index >= 15 is 0 Å². The van der Waals surface area contributed by atoms with Crippen molar-refractivity contribution in [1.29, 1.82) is 0 Å². The van der Waals surface area contributed by atoms with E-state index in [1.54, 1.807) is 14.2 Å². The van der Waals surface area contributed by atoms with Crippen LogP contribution in [0.15, 0.2) is 18.2 Å². The van der Waals surface area contributed by atoms with Gasteiger partial charge in [-0.15, -0.1) is 0 Å². The van der Waals surface area contributed by atoms with Crippen LogP contribution in [0.1, 0.15) is 31.2 Å². The first kappa shape index (κ1) is 17.6. The summed E-state index contributed by atoms with van der Waals surface area (Å²) in [7, 11) is 3.32. The SMILES string of the molecule is COCCCOc1cc(CC(NC=O)C2CCC2)ccc1OC. The number of hydrogen-bond donors (Lipinski definition) is 1. The number of hydrogen-bond acceptors (Lipinski definition) is 4. The highest BCUT2D eigenvalue weighted by Crippen LogP contribution is 2.33. The average Bonchev–Trinajstić information content (AvgIpc) is 2.50. The molecule has 1 saturated carbocycles. The normalized spacial score (nSPS) is 15.6. The second-order valence-electron chi connectivity index (χ2n) is 5.97. The Bertz CT molecular complexity index is 488. The summed E-state index contributed by atoms with van der Waals surface area (Å²) in [5.74, 6) is 2.07. The fourth-order valence-corrected chi connectivity index (χ4v) is 2.89. The van der Waals surface area contributed by atoms with Crippen LogP contribution in [0.4, 0.5) is 0 Å². The van der Waals surface area contributed by atoms with Crippen LogP contribution < -0.4 is 14.8 Å². The van der Waals surface area contributed by atoms with Crippen molar-refractivity contribution in [2.24, 2.45) is 5.92 Å². The highest BCUT2D eigenvalue weighted by molar-refractivity contribution is 5.47. The first-order chi connectivity index (χ1) is 11.3. The van der Waals surface area contributed by atoms with Crippen LogP contribution in [-0.2, 0) is 16.0 Å². The van der Waals surface area contributed by atoms with Crippen LogP contribution in [0.2, 0.25) is 0 Å². The van der Waals surface area contributed by atoms with Crippen molar-refractivity contribution in [3.8, 4) is 11.5 Å². The predicted molar refractivity (Wildman–Crippen MR) is 89.0 cm³/mol. The second-order valence-corrected chi connectivity index (χ2v) is 5.97. The van der Waals surface area contributed by atoms with Gasteiger partial charge in [0, 0.05) is 26.2 Å². The molecule has 1 aromatic rings. The molecule has 1 atom stereocenters. The molecule has 5 nitrogen and oxygen atoms in total. The highest BCUT2D eigenvalue weighted by atomic mass is 16.5. The molecule has 5 heteroatoms. The Kier molecular flexibility index (Phi) is 7.20. The Morgan fingerprint density at radius 1 is 1.26 bits per heavy atom. The molecule has 0 heterocycles. The quantitative estimate of drug-likeness (QED) is 0.503. The van der Waals surface area contributed by atoms with Crippen LogP contribution in [-0.4, -0.2) is 39.9 Å². The number of nitrogens with one attached hydrogen (secondary N) is 1. The van der Waals surface area contributed by atoms with Gasteiger partial charge < -0.3 is 19.5 Å². The van der Waals surface area contributed by atoms with E-state index in [4.69, 9.17) is 14.2 Å². The Labute approximate surface area is 138 Å². The van der Waals surface area contributed by atoms with Crippen molar-refractivity contribution in [1.82, 2.24) is 5.32 Å². The Balaban J connectivity index is 2.01. The first-order valence-corrected chi connectivity index (χ1v) is 8.26. The second kappa shape index (κ2) is 9.40. The molecule has 128 valence electrons. The molecule has 1 N–H and O–H groups in total. The zero-order valence-electron chi connectivity index (χ0n) is 14.0. The monoisotopic (exact) mass is 321 g/mol. The molecular weight excluding hydrogens is 294 g/mol. The van der Waals surface area contributed by atoms with Crippen molar-refractivity contribution in [3.63, 3.8) is 0 Å². The Morgan fingerprint density at radius 2 is 2.09 bits per heavy atom. The summed E-state index contributed by atoms with van der Waals surface area (Å²) in [5.41, 5.74) is 1.15. The molecule has 0 saturated heterocycles. The minimum Gasteiger partial charge on any atom is -0.493 e. The van der Waals surface area contributed by atoms with Gasteiger partial charge in [-0.1, -0.05) is 12.5 Å². The summed E-state index contributed by atoms with van der Waals surface area (Å²) in [4.78, 5) is 10.9. The molecule has 0 aromatic heterocycles. The number of carbonyl (C=O) groups excluding carboxylic acids is 1. The maximum Gasteiger partial charge on any atom is 0.207 e. The van der Waals surface area contributed by atoms with Crippen molar-refractivity contribution >= 4 is 6.41 Å². The van der Waals surface area contributed by atoms with Crippen molar-refractivity contribution in [2.45, 2.75) is 38.1 Å². The maximum absolute atomic E-state index is 10.9. The van der Waals surface area contributed by atoms with E-state index in [0.717, 1.165) is 36.3 Å². The number of rotatable bonds is 11. The average molecular weight is 321 g/mol. The van der Waals surface area contributed by atoms with Crippen LogP contribution in [0, 0.1) is 5.92 Å². The van der Waals surface area contributed by atoms with Gasteiger partial charge in [0.15, 0.2) is 11.5 Å². The van der Waals surface area contributed by atoms with Gasteiger partial charge in [0.1, 0.15) is 0 Å². The fourth-order valence-electron chi connectivity index (χ4n) is 2.89.